The molecule has 0 aromatic carbocycles. The van der Waals surface area contributed by atoms with Crippen LogP contribution in [0.25, 0.3) is 0 Å². The van der Waals surface area contributed by atoms with E-state index in [9.17, 15) is 0 Å². The minimum Gasteiger partial charge on any atom is -0.305 e. The first-order chi connectivity index (χ1) is 5.66. The predicted molar refractivity (Wildman–Crippen MR) is 46.8 cm³/mol. The highest BCUT2D eigenvalue weighted by atomic mass is 35.5. The number of nitrogens with one attached hydrogen (secondary N) is 1. The second kappa shape index (κ2) is 3.89. The van der Waals surface area contributed by atoms with E-state index >= 15 is 0 Å². The van der Waals surface area contributed by atoms with Gasteiger partial charge in [-0.05, 0) is 6.92 Å². The van der Waals surface area contributed by atoms with Crippen molar-refractivity contribution in [2.75, 3.05) is 7.11 Å². The molecule has 1 N–H and O–H groups in total. The number of nitrogens with zero attached hydrogens (tertiary/aromatic N) is 2. The summed E-state index contributed by atoms with van der Waals surface area (Å²) in [4.78, 5) is 4.72. The van der Waals surface area contributed by atoms with Gasteiger partial charge in [-0.1, -0.05) is 11.6 Å². The molecular weight excluding hydrogens is 178 g/mol. The summed E-state index contributed by atoms with van der Waals surface area (Å²) in [6.07, 6.45) is 0. The Hall–Kier alpha value is -0.580. The number of halogens is 1. The van der Waals surface area contributed by atoms with Gasteiger partial charge in [-0.2, -0.15) is 10.6 Å². The quantitative estimate of drug-likeness (QED) is 0.723. The maximum Gasteiger partial charge on any atom is 0.0861 e. The van der Waals surface area contributed by atoms with Crippen molar-refractivity contribution in [3.05, 3.63) is 16.4 Å². The zero-order valence-corrected chi connectivity index (χ0v) is 8.14. The summed E-state index contributed by atoms with van der Waals surface area (Å²) in [6.45, 7) is 2.44. The van der Waals surface area contributed by atoms with Crippen LogP contribution in [0.3, 0.4) is 0 Å². The van der Waals surface area contributed by atoms with Gasteiger partial charge in [0.1, 0.15) is 0 Å². The van der Waals surface area contributed by atoms with Crippen LogP contribution in [0.4, 0.5) is 0 Å². The Kier molecular flexibility index (Phi) is 3.08. The van der Waals surface area contributed by atoms with Gasteiger partial charge in [0.15, 0.2) is 0 Å². The summed E-state index contributed by atoms with van der Waals surface area (Å²) in [5.41, 5.74) is 4.48. The molecule has 0 aliphatic heterocycles. The molecule has 0 amide bonds. The van der Waals surface area contributed by atoms with E-state index in [1.807, 2.05) is 14.0 Å². The second-order valence-corrected chi connectivity index (χ2v) is 2.87. The summed E-state index contributed by atoms with van der Waals surface area (Å²) in [6, 6.07) is 0. The van der Waals surface area contributed by atoms with Crippen molar-refractivity contribution < 1.29 is 4.84 Å². The Bertz CT molecular complexity index is 272. The zero-order valence-electron chi connectivity index (χ0n) is 7.39. The highest BCUT2D eigenvalue weighted by molar-refractivity contribution is 6.31. The monoisotopic (exact) mass is 189 g/mol. The lowest BCUT2D eigenvalue weighted by Crippen LogP contribution is -2.14. The van der Waals surface area contributed by atoms with Crippen molar-refractivity contribution in [2.24, 2.45) is 7.05 Å². The molecule has 0 fully saturated rings. The van der Waals surface area contributed by atoms with Crippen LogP contribution in [0.1, 0.15) is 11.4 Å². The molecule has 0 unspecified atom stereocenters. The first kappa shape index (κ1) is 9.51. The van der Waals surface area contributed by atoms with E-state index in [1.165, 1.54) is 0 Å². The van der Waals surface area contributed by atoms with Crippen molar-refractivity contribution >= 4 is 11.6 Å². The highest BCUT2D eigenvalue weighted by Gasteiger charge is 2.09. The molecule has 0 spiro atoms. The summed E-state index contributed by atoms with van der Waals surface area (Å²) in [7, 11) is 3.42. The van der Waals surface area contributed by atoms with Crippen molar-refractivity contribution in [1.82, 2.24) is 15.3 Å². The first-order valence-corrected chi connectivity index (χ1v) is 3.98. The number of hydrogen-bond donors (Lipinski definition) is 1. The Labute approximate surface area is 76.4 Å². The van der Waals surface area contributed by atoms with Gasteiger partial charge in [0.05, 0.1) is 30.1 Å². The molecule has 0 aliphatic rings. The van der Waals surface area contributed by atoms with Crippen LogP contribution in [-0.2, 0) is 18.4 Å². The molecule has 0 bridgehead atoms. The van der Waals surface area contributed by atoms with Crippen molar-refractivity contribution in [3.8, 4) is 0 Å². The maximum absolute atomic E-state index is 5.97. The lowest BCUT2D eigenvalue weighted by molar-refractivity contribution is 0.0850. The largest absolute Gasteiger partial charge is 0.305 e. The lowest BCUT2D eigenvalue weighted by atomic mass is 10.4. The molecule has 4 nitrogen and oxygen atoms in total. The summed E-state index contributed by atoms with van der Waals surface area (Å²) < 4.78 is 1.74. The summed E-state index contributed by atoms with van der Waals surface area (Å²) in [5.74, 6) is 0. The normalized spacial score (nSPS) is 10.7. The zero-order chi connectivity index (χ0) is 9.14. The Morgan fingerprint density at radius 1 is 1.67 bits per heavy atom. The fourth-order valence-electron chi connectivity index (χ4n) is 1.01. The molecular formula is C7H12ClN3O. The summed E-state index contributed by atoms with van der Waals surface area (Å²) in [5, 5.41) is 4.85. The van der Waals surface area contributed by atoms with Crippen LogP contribution in [-0.4, -0.2) is 16.9 Å². The van der Waals surface area contributed by atoms with Gasteiger partial charge < -0.3 is 4.84 Å². The predicted octanol–water partition coefficient (Wildman–Crippen LogP) is 1.03. The van der Waals surface area contributed by atoms with E-state index in [0.29, 0.717) is 11.6 Å². The molecule has 12 heavy (non-hydrogen) atoms. The Morgan fingerprint density at radius 3 is 2.75 bits per heavy atom. The topological polar surface area (TPSA) is 39.1 Å². The summed E-state index contributed by atoms with van der Waals surface area (Å²) >= 11 is 5.97. The van der Waals surface area contributed by atoms with Gasteiger partial charge >= 0.3 is 0 Å². The van der Waals surface area contributed by atoms with Crippen LogP contribution >= 0.6 is 11.6 Å². The van der Waals surface area contributed by atoms with Gasteiger partial charge in [0, 0.05) is 7.05 Å². The SMILES string of the molecule is CONCc1c(Cl)c(C)nn1C. The van der Waals surface area contributed by atoms with Crippen LogP contribution in [0.5, 0.6) is 0 Å². The third kappa shape index (κ3) is 1.77. The third-order valence-electron chi connectivity index (χ3n) is 1.65. The van der Waals surface area contributed by atoms with E-state index in [0.717, 1.165) is 11.4 Å². The van der Waals surface area contributed by atoms with Gasteiger partial charge in [0.2, 0.25) is 0 Å². The van der Waals surface area contributed by atoms with Gasteiger partial charge in [-0.15, -0.1) is 0 Å². The average Bonchev–Trinajstić information content (AvgIpc) is 2.25. The average molecular weight is 190 g/mol. The molecule has 0 saturated carbocycles. The lowest BCUT2D eigenvalue weighted by Gasteiger charge is -2.02. The molecule has 1 aromatic rings. The molecule has 68 valence electrons. The first-order valence-electron chi connectivity index (χ1n) is 3.60. The highest BCUT2D eigenvalue weighted by Crippen LogP contribution is 2.18. The van der Waals surface area contributed by atoms with E-state index in [4.69, 9.17) is 16.4 Å². The van der Waals surface area contributed by atoms with Crippen molar-refractivity contribution in [3.63, 3.8) is 0 Å². The molecule has 0 saturated heterocycles. The number of hydrogen-bond acceptors (Lipinski definition) is 3. The molecule has 0 radical (unpaired) electrons. The van der Waals surface area contributed by atoms with Crippen molar-refractivity contribution in [1.29, 1.82) is 0 Å². The Morgan fingerprint density at radius 2 is 2.33 bits per heavy atom. The van der Waals surface area contributed by atoms with Crippen LogP contribution < -0.4 is 5.48 Å². The van der Waals surface area contributed by atoms with Crippen LogP contribution in [0, 0.1) is 6.92 Å². The molecule has 5 heteroatoms. The fraction of sp³-hybridized carbons (Fsp3) is 0.571. The third-order valence-corrected chi connectivity index (χ3v) is 2.14. The van der Waals surface area contributed by atoms with E-state index in [1.54, 1.807) is 11.8 Å². The van der Waals surface area contributed by atoms with Gasteiger partial charge in [-0.25, -0.2) is 0 Å². The van der Waals surface area contributed by atoms with E-state index in [2.05, 4.69) is 10.6 Å². The minimum atomic E-state index is 0.562. The van der Waals surface area contributed by atoms with Gasteiger partial charge in [-0.3, -0.25) is 4.68 Å². The smallest absolute Gasteiger partial charge is 0.0861 e. The van der Waals surface area contributed by atoms with Crippen LogP contribution in [0.2, 0.25) is 5.02 Å². The fourth-order valence-corrected chi connectivity index (χ4v) is 1.24. The number of aryl methyl sites for hydroxylation is 2. The molecule has 1 heterocycles. The standard InChI is InChI=1S/C7H12ClN3O/c1-5-7(8)6(4-9-12-3)11(2)10-5/h9H,4H2,1-3H3. The molecule has 1 aromatic heterocycles. The molecule has 0 atom stereocenters. The van der Waals surface area contributed by atoms with E-state index in [-0.39, 0.29) is 0 Å². The molecule has 1 rings (SSSR count). The maximum atomic E-state index is 5.97. The van der Waals surface area contributed by atoms with Gasteiger partial charge in [0.25, 0.3) is 0 Å². The van der Waals surface area contributed by atoms with Crippen LogP contribution in [0.15, 0.2) is 0 Å². The van der Waals surface area contributed by atoms with E-state index < -0.39 is 0 Å². The second-order valence-electron chi connectivity index (χ2n) is 2.49. The number of rotatable bonds is 3. The minimum absolute atomic E-state index is 0.562. The Balaban J connectivity index is 2.82. The number of hydroxylamine groups is 1. The van der Waals surface area contributed by atoms with Crippen molar-refractivity contribution in [2.45, 2.75) is 13.5 Å². The number of aromatic nitrogens is 2. The molecule has 0 aliphatic carbocycles.